The Bertz CT molecular complexity index is 288. The van der Waals surface area contributed by atoms with Gasteiger partial charge in [0.25, 0.3) is 0 Å². The lowest BCUT2D eigenvalue weighted by Crippen LogP contribution is -2.37. The molecule has 0 aromatic heterocycles. The van der Waals surface area contributed by atoms with Gasteiger partial charge in [0.15, 0.2) is 0 Å². The van der Waals surface area contributed by atoms with Gasteiger partial charge < -0.3 is 4.90 Å². The number of halogens is 1. The fraction of sp³-hybridized carbons (Fsp3) is 0.455. The summed E-state index contributed by atoms with van der Waals surface area (Å²) in [5.74, 6) is 0. The highest BCUT2D eigenvalue weighted by molar-refractivity contribution is 6.30. The normalized spacial score (nSPS) is 11.5. The first-order valence-corrected chi connectivity index (χ1v) is 4.78. The average Bonchev–Trinajstić information content (AvgIpc) is 2.01. The predicted molar refractivity (Wildman–Crippen MR) is 59.6 cm³/mol. The summed E-state index contributed by atoms with van der Waals surface area (Å²) in [6, 6.07) is 7.91. The quantitative estimate of drug-likeness (QED) is 0.666. The first-order valence-electron chi connectivity index (χ1n) is 4.40. The molecule has 0 saturated carbocycles. The third-order valence-corrected chi connectivity index (χ3v) is 2.44. The molecule has 0 amide bonds. The Morgan fingerprint density at radius 1 is 1.23 bits per heavy atom. The molecule has 0 bridgehead atoms. The molecule has 0 heterocycles. The second-order valence-electron chi connectivity index (χ2n) is 4.21. The Kier molecular flexibility index (Phi) is 2.87. The molecular weight excluding hydrogens is 182 g/mol. The molecule has 1 aromatic carbocycles. The zero-order valence-electron chi connectivity index (χ0n) is 8.63. The van der Waals surface area contributed by atoms with Crippen molar-refractivity contribution in [2.75, 3.05) is 11.9 Å². The maximum Gasteiger partial charge on any atom is 0.0426 e. The molecule has 13 heavy (non-hydrogen) atoms. The molecular formula is C11H16ClN. The van der Waals surface area contributed by atoms with Crippen LogP contribution in [0.5, 0.6) is 0 Å². The molecule has 1 rings (SSSR count). The second kappa shape index (κ2) is 3.59. The van der Waals surface area contributed by atoms with Crippen molar-refractivity contribution in [1.82, 2.24) is 0 Å². The lowest BCUT2D eigenvalue weighted by Gasteiger charge is -2.34. The zero-order chi connectivity index (χ0) is 10.1. The van der Waals surface area contributed by atoms with E-state index in [1.165, 1.54) is 0 Å². The van der Waals surface area contributed by atoms with Gasteiger partial charge in [-0.05, 0) is 39.0 Å². The van der Waals surface area contributed by atoms with Gasteiger partial charge in [-0.3, -0.25) is 0 Å². The molecule has 1 nitrogen and oxygen atoms in total. The van der Waals surface area contributed by atoms with Crippen molar-refractivity contribution in [3.63, 3.8) is 0 Å². The van der Waals surface area contributed by atoms with Crippen LogP contribution in [0, 0.1) is 0 Å². The van der Waals surface area contributed by atoms with Crippen molar-refractivity contribution in [2.24, 2.45) is 0 Å². The van der Waals surface area contributed by atoms with E-state index in [0.717, 1.165) is 10.7 Å². The Balaban J connectivity index is 2.96. The second-order valence-corrected chi connectivity index (χ2v) is 4.65. The average molecular weight is 198 g/mol. The summed E-state index contributed by atoms with van der Waals surface area (Å²) >= 11 is 5.91. The van der Waals surface area contributed by atoms with Gasteiger partial charge in [-0.25, -0.2) is 0 Å². The minimum absolute atomic E-state index is 0.130. The maximum atomic E-state index is 5.91. The van der Waals surface area contributed by atoms with Crippen LogP contribution < -0.4 is 4.90 Å². The van der Waals surface area contributed by atoms with E-state index in [1.54, 1.807) is 0 Å². The van der Waals surface area contributed by atoms with Gasteiger partial charge in [0.05, 0.1) is 0 Å². The molecule has 0 aliphatic heterocycles. The third-order valence-electron chi connectivity index (χ3n) is 2.20. The van der Waals surface area contributed by atoms with Crippen LogP contribution in [0.1, 0.15) is 20.8 Å². The molecule has 0 aliphatic carbocycles. The molecule has 0 aliphatic rings. The molecule has 0 saturated heterocycles. The summed E-state index contributed by atoms with van der Waals surface area (Å²) < 4.78 is 0. The van der Waals surface area contributed by atoms with E-state index in [-0.39, 0.29) is 5.54 Å². The first-order chi connectivity index (χ1) is 5.91. The van der Waals surface area contributed by atoms with Gasteiger partial charge in [0, 0.05) is 23.3 Å². The van der Waals surface area contributed by atoms with E-state index in [2.05, 4.69) is 38.8 Å². The van der Waals surface area contributed by atoms with E-state index in [9.17, 15) is 0 Å². The van der Waals surface area contributed by atoms with Crippen LogP contribution >= 0.6 is 11.6 Å². The van der Waals surface area contributed by atoms with Crippen LogP contribution in [-0.4, -0.2) is 12.6 Å². The summed E-state index contributed by atoms with van der Waals surface area (Å²) in [4.78, 5) is 2.21. The van der Waals surface area contributed by atoms with E-state index in [0.29, 0.717) is 0 Å². The predicted octanol–water partition coefficient (Wildman–Crippen LogP) is 3.57. The van der Waals surface area contributed by atoms with Crippen molar-refractivity contribution in [2.45, 2.75) is 26.3 Å². The van der Waals surface area contributed by atoms with Gasteiger partial charge in [0.1, 0.15) is 0 Å². The molecule has 2 heteroatoms. The molecule has 0 unspecified atom stereocenters. The Labute approximate surface area is 85.3 Å². The molecule has 0 fully saturated rings. The van der Waals surface area contributed by atoms with E-state index in [1.807, 2.05) is 18.2 Å². The lowest BCUT2D eigenvalue weighted by atomic mass is 10.1. The number of hydrogen-bond acceptors (Lipinski definition) is 1. The minimum atomic E-state index is 0.130. The van der Waals surface area contributed by atoms with Crippen molar-refractivity contribution in [3.05, 3.63) is 29.3 Å². The number of anilines is 1. The van der Waals surface area contributed by atoms with Gasteiger partial charge >= 0.3 is 0 Å². The summed E-state index contributed by atoms with van der Waals surface area (Å²) in [6.07, 6.45) is 0. The van der Waals surface area contributed by atoms with Crippen LogP contribution in [0.25, 0.3) is 0 Å². The van der Waals surface area contributed by atoms with Gasteiger partial charge in [-0.2, -0.15) is 0 Å². The highest BCUT2D eigenvalue weighted by atomic mass is 35.5. The van der Waals surface area contributed by atoms with Crippen LogP contribution in [0.2, 0.25) is 5.02 Å². The van der Waals surface area contributed by atoms with Crippen molar-refractivity contribution in [3.8, 4) is 0 Å². The van der Waals surface area contributed by atoms with Crippen LogP contribution in [0.15, 0.2) is 24.3 Å². The summed E-state index contributed by atoms with van der Waals surface area (Å²) in [7, 11) is 2.08. The fourth-order valence-electron chi connectivity index (χ4n) is 1.07. The topological polar surface area (TPSA) is 3.24 Å². The lowest BCUT2D eigenvalue weighted by molar-refractivity contribution is 0.539. The number of rotatable bonds is 1. The smallest absolute Gasteiger partial charge is 0.0426 e. The first kappa shape index (κ1) is 10.4. The standard InChI is InChI=1S/C11H16ClN/c1-11(2,3)13(4)10-7-5-6-9(12)8-10/h5-8H,1-4H3. The highest BCUT2D eigenvalue weighted by Crippen LogP contribution is 2.24. The van der Waals surface area contributed by atoms with E-state index >= 15 is 0 Å². The summed E-state index contributed by atoms with van der Waals surface area (Å²) in [5.41, 5.74) is 1.28. The molecule has 0 spiro atoms. The summed E-state index contributed by atoms with van der Waals surface area (Å²) in [5, 5.41) is 0.786. The fourth-order valence-corrected chi connectivity index (χ4v) is 1.26. The summed E-state index contributed by atoms with van der Waals surface area (Å²) in [6.45, 7) is 6.52. The van der Waals surface area contributed by atoms with Gasteiger partial charge in [0.2, 0.25) is 0 Å². The van der Waals surface area contributed by atoms with Crippen molar-refractivity contribution < 1.29 is 0 Å². The van der Waals surface area contributed by atoms with E-state index < -0.39 is 0 Å². The molecule has 0 N–H and O–H groups in total. The Morgan fingerprint density at radius 3 is 2.31 bits per heavy atom. The monoisotopic (exact) mass is 197 g/mol. The molecule has 0 radical (unpaired) electrons. The zero-order valence-corrected chi connectivity index (χ0v) is 9.39. The number of nitrogens with zero attached hydrogens (tertiary/aromatic N) is 1. The van der Waals surface area contributed by atoms with Gasteiger partial charge in [-0.1, -0.05) is 17.7 Å². The number of benzene rings is 1. The molecule has 72 valence electrons. The Morgan fingerprint density at radius 2 is 1.85 bits per heavy atom. The number of hydrogen-bond donors (Lipinski definition) is 0. The van der Waals surface area contributed by atoms with Gasteiger partial charge in [-0.15, -0.1) is 0 Å². The molecule has 1 aromatic rings. The highest BCUT2D eigenvalue weighted by Gasteiger charge is 2.16. The van der Waals surface area contributed by atoms with Crippen molar-refractivity contribution >= 4 is 17.3 Å². The van der Waals surface area contributed by atoms with Crippen LogP contribution in [0.3, 0.4) is 0 Å². The largest absolute Gasteiger partial charge is 0.370 e. The van der Waals surface area contributed by atoms with Crippen LogP contribution in [0.4, 0.5) is 5.69 Å². The van der Waals surface area contributed by atoms with Crippen LogP contribution in [-0.2, 0) is 0 Å². The molecule has 0 atom stereocenters. The maximum absolute atomic E-state index is 5.91. The SMILES string of the molecule is CN(c1cccc(Cl)c1)C(C)(C)C. The third kappa shape index (κ3) is 2.63. The van der Waals surface area contributed by atoms with E-state index in [4.69, 9.17) is 11.6 Å². The Hall–Kier alpha value is -0.690. The van der Waals surface area contributed by atoms with Crippen molar-refractivity contribution in [1.29, 1.82) is 0 Å². The minimum Gasteiger partial charge on any atom is -0.370 e.